The third kappa shape index (κ3) is 4.27. The first-order chi connectivity index (χ1) is 13.5. The Balaban J connectivity index is 2.08. The highest BCUT2D eigenvalue weighted by molar-refractivity contribution is 5.94. The van der Waals surface area contributed by atoms with E-state index in [0.717, 1.165) is 5.56 Å². The van der Waals surface area contributed by atoms with Crippen LogP contribution in [0.15, 0.2) is 67.5 Å². The summed E-state index contributed by atoms with van der Waals surface area (Å²) in [5.41, 5.74) is 8.86. The second-order valence-electron chi connectivity index (χ2n) is 5.95. The minimum atomic E-state index is -0.571. The van der Waals surface area contributed by atoms with Crippen LogP contribution >= 0.6 is 0 Å². The van der Waals surface area contributed by atoms with Gasteiger partial charge >= 0.3 is 0 Å². The summed E-state index contributed by atoms with van der Waals surface area (Å²) in [6.45, 7) is 3.62. The van der Waals surface area contributed by atoms with Crippen LogP contribution in [0.25, 0.3) is 22.5 Å². The fourth-order valence-electron chi connectivity index (χ4n) is 2.63. The second kappa shape index (κ2) is 8.22. The van der Waals surface area contributed by atoms with Crippen LogP contribution in [-0.4, -0.2) is 21.8 Å². The summed E-state index contributed by atoms with van der Waals surface area (Å²) in [4.78, 5) is 31.8. The van der Waals surface area contributed by atoms with E-state index < -0.39 is 5.91 Å². The normalized spacial score (nSPS) is 10.3. The third-order valence-electron chi connectivity index (χ3n) is 4.09. The van der Waals surface area contributed by atoms with Gasteiger partial charge in [0.25, 0.3) is 0 Å². The molecule has 0 aliphatic heterocycles. The first-order valence-electron chi connectivity index (χ1n) is 8.39. The smallest absolute Gasteiger partial charge is 0.248 e. The number of nitrogens with zero attached hydrogens (tertiary/aromatic N) is 2. The summed E-state index contributed by atoms with van der Waals surface area (Å²) in [7, 11) is 0. The van der Waals surface area contributed by atoms with Gasteiger partial charge in [-0.2, -0.15) is 0 Å². The molecule has 0 saturated heterocycles. The number of nitrogens with one attached hydrogen (secondary N) is 1. The van der Waals surface area contributed by atoms with Gasteiger partial charge < -0.3 is 11.1 Å². The number of aromatic nitrogens is 2. The van der Waals surface area contributed by atoms with Crippen LogP contribution < -0.4 is 11.1 Å². The lowest BCUT2D eigenvalue weighted by atomic mass is 10.0. The highest BCUT2D eigenvalue weighted by Gasteiger charge is 2.13. The summed E-state index contributed by atoms with van der Waals surface area (Å²) in [6.07, 6.45) is 4.27. The fraction of sp³-hybridized carbons (Fsp3) is 0.0476. The number of carbonyl (C=O) groups is 2. The number of rotatable bonds is 6. The van der Waals surface area contributed by atoms with Crippen molar-refractivity contribution >= 4 is 11.8 Å². The Hall–Kier alpha value is -3.87. The van der Waals surface area contributed by atoms with Crippen LogP contribution in [0.2, 0.25) is 0 Å². The predicted octanol–water partition coefficient (Wildman–Crippen LogP) is 2.85. The molecule has 0 spiro atoms. The summed E-state index contributed by atoms with van der Waals surface area (Å²) < 4.78 is 13.2. The molecule has 0 aliphatic rings. The molecule has 2 amide bonds. The van der Waals surface area contributed by atoms with Crippen molar-refractivity contribution in [3.05, 3.63) is 84.5 Å². The molecule has 140 valence electrons. The molecular weight excluding hydrogens is 359 g/mol. The molecule has 3 rings (SSSR count). The minimum absolute atomic E-state index is 0.194. The topological polar surface area (TPSA) is 98.0 Å². The van der Waals surface area contributed by atoms with E-state index in [1.54, 1.807) is 30.5 Å². The molecule has 6 nitrogen and oxygen atoms in total. The summed E-state index contributed by atoms with van der Waals surface area (Å²) >= 11 is 0. The Morgan fingerprint density at radius 1 is 1.11 bits per heavy atom. The number of amides is 2. The van der Waals surface area contributed by atoms with Gasteiger partial charge in [0.2, 0.25) is 11.8 Å². The van der Waals surface area contributed by atoms with Crippen molar-refractivity contribution in [1.82, 2.24) is 15.3 Å². The molecule has 3 N–H and O–H groups in total. The van der Waals surface area contributed by atoms with Crippen LogP contribution in [0.4, 0.5) is 4.39 Å². The first-order valence-corrected chi connectivity index (χ1v) is 8.39. The first kappa shape index (κ1) is 18.9. The number of nitrogens with two attached hydrogens (primary N) is 1. The highest BCUT2D eigenvalue weighted by atomic mass is 19.1. The maximum atomic E-state index is 13.2. The summed E-state index contributed by atoms with van der Waals surface area (Å²) in [5, 5.41) is 2.70. The Labute approximate surface area is 160 Å². The van der Waals surface area contributed by atoms with Gasteiger partial charge in [-0.3, -0.25) is 19.6 Å². The Morgan fingerprint density at radius 3 is 2.54 bits per heavy atom. The van der Waals surface area contributed by atoms with Gasteiger partial charge in [-0.1, -0.05) is 6.58 Å². The third-order valence-corrected chi connectivity index (χ3v) is 4.09. The number of carbonyl (C=O) groups excluding carboxylic acids is 2. The maximum Gasteiger partial charge on any atom is 0.248 e. The van der Waals surface area contributed by atoms with Crippen molar-refractivity contribution in [3.63, 3.8) is 0 Å². The molecule has 28 heavy (non-hydrogen) atoms. The van der Waals surface area contributed by atoms with Crippen molar-refractivity contribution in [1.29, 1.82) is 0 Å². The fourth-order valence-corrected chi connectivity index (χ4v) is 2.63. The Kier molecular flexibility index (Phi) is 5.55. The number of primary amides is 1. The van der Waals surface area contributed by atoms with E-state index >= 15 is 0 Å². The molecule has 0 unspecified atom stereocenters. The molecule has 7 heteroatoms. The predicted molar refractivity (Wildman–Crippen MR) is 103 cm³/mol. The van der Waals surface area contributed by atoms with Crippen LogP contribution in [0.3, 0.4) is 0 Å². The van der Waals surface area contributed by atoms with Gasteiger partial charge in [-0.15, -0.1) is 0 Å². The maximum absolute atomic E-state index is 13.2. The average Bonchev–Trinajstić information content (AvgIpc) is 2.72. The average molecular weight is 376 g/mol. The molecule has 0 bridgehead atoms. The summed E-state index contributed by atoms with van der Waals surface area (Å²) in [5.74, 6) is -1.24. The molecule has 1 aromatic carbocycles. The highest BCUT2D eigenvalue weighted by Crippen LogP contribution is 2.27. The number of pyridine rings is 2. The zero-order valence-corrected chi connectivity index (χ0v) is 14.9. The molecule has 0 saturated carbocycles. The van der Waals surface area contributed by atoms with Crippen molar-refractivity contribution in [2.75, 3.05) is 0 Å². The lowest BCUT2D eigenvalue weighted by Gasteiger charge is -2.12. The number of benzene rings is 1. The number of halogens is 1. The lowest BCUT2D eigenvalue weighted by molar-refractivity contribution is -0.116. The molecule has 0 radical (unpaired) electrons. The van der Waals surface area contributed by atoms with Crippen LogP contribution in [0.5, 0.6) is 0 Å². The van der Waals surface area contributed by atoms with Crippen molar-refractivity contribution < 1.29 is 14.0 Å². The van der Waals surface area contributed by atoms with Gasteiger partial charge in [0.05, 0.1) is 11.4 Å². The van der Waals surface area contributed by atoms with E-state index in [4.69, 9.17) is 5.73 Å². The van der Waals surface area contributed by atoms with Crippen molar-refractivity contribution in [3.8, 4) is 22.5 Å². The van der Waals surface area contributed by atoms with Gasteiger partial charge in [0.1, 0.15) is 5.82 Å². The molecule has 2 heterocycles. The largest absolute Gasteiger partial charge is 0.366 e. The van der Waals surface area contributed by atoms with E-state index in [-0.39, 0.29) is 18.3 Å². The van der Waals surface area contributed by atoms with Crippen LogP contribution in [0, 0.1) is 5.82 Å². The molecule has 0 fully saturated rings. The monoisotopic (exact) mass is 376 g/mol. The standard InChI is InChI=1S/C21H17FN4O2/c1-2-20(27)26-12-15-11-25-18(13-3-5-16(22)6-4-13)10-17(15)19-9-14(21(23)28)7-8-24-19/h2-11H,1,12H2,(H2,23,28)(H,26,27). The second-order valence-corrected chi connectivity index (χ2v) is 5.95. The molecular formula is C21H17FN4O2. The lowest BCUT2D eigenvalue weighted by Crippen LogP contribution is -2.20. The van der Waals surface area contributed by atoms with Gasteiger partial charge in [0.15, 0.2) is 0 Å². The quantitative estimate of drug-likeness (QED) is 0.647. The van der Waals surface area contributed by atoms with E-state index in [0.29, 0.717) is 28.1 Å². The van der Waals surface area contributed by atoms with E-state index in [1.165, 1.54) is 30.5 Å². The Bertz CT molecular complexity index is 1050. The zero-order chi connectivity index (χ0) is 20.1. The molecule has 2 aromatic heterocycles. The molecule has 0 aliphatic carbocycles. The van der Waals surface area contributed by atoms with Gasteiger partial charge in [-0.25, -0.2) is 4.39 Å². The van der Waals surface area contributed by atoms with Crippen molar-refractivity contribution in [2.45, 2.75) is 6.54 Å². The van der Waals surface area contributed by atoms with Crippen molar-refractivity contribution in [2.24, 2.45) is 5.73 Å². The molecule has 3 aromatic rings. The number of hydrogen-bond acceptors (Lipinski definition) is 4. The minimum Gasteiger partial charge on any atom is -0.366 e. The van der Waals surface area contributed by atoms with Gasteiger partial charge in [-0.05, 0) is 54.1 Å². The van der Waals surface area contributed by atoms with Crippen LogP contribution in [0.1, 0.15) is 15.9 Å². The van der Waals surface area contributed by atoms with E-state index in [1.807, 2.05) is 0 Å². The van der Waals surface area contributed by atoms with Crippen LogP contribution in [-0.2, 0) is 11.3 Å². The van der Waals surface area contributed by atoms with E-state index in [9.17, 15) is 14.0 Å². The SMILES string of the molecule is C=CC(=O)NCc1cnc(-c2ccc(F)cc2)cc1-c1cc(C(N)=O)ccn1. The molecule has 0 atom stereocenters. The Morgan fingerprint density at radius 2 is 1.86 bits per heavy atom. The van der Waals surface area contributed by atoms with Gasteiger partial charge in [0, 0.05) is 35.6 Å². The zero-order valence-electron chi connectivity index (χ0n) is 14.9. The summed E-state index contributed by atoms with van der Waals surface area (Å²) in [6, 6.07) is 10.8. The number of hydrogen-bond donors (Lipinski definition) is 2. The van der Waals surface area contributed by atoms with E-state index in [2.05, 4.69) is 21.9 Å².